The standard InChI is InChI=1S/C10H11BrN2O/c11-9-4-3-7(10(12)13-14)5-8(9)6-1-2-6/h3-6,14H,1-2H2,(H2,12,13). The Morgan fingerprint density at radius 1 is 1.50 bits per heavy atom. The van der Waals surface area contributed by atoms with Crippen LogP contribution in [0.1, 0.15) is 29.9 Å². The van der Waals surface area contributed by atoms with Crippen molar-refractivity contribution in [3.8, 4) is 0 Å². The number of hydrogen-bond donors (Lipinski definition) is 2. The molecule has 0 unspecified atom stereocenters. The average molecular weight is 255 g/mol. The van der Waals surface area contributed by atoms with Gasteiger partial charge in [-0.15, -0.1) is 0 Å². The van der Waals surface area contributed by atoms with Crippen LogP contribution in [0.3, 0.4) is 0 Å². The summed E-state index contributed by atoms with van der Waals surface area (Å²) in [6.45, 7) is 0. The predicted molar refractivity (Wildman–Crippen MR) is 58.6 cm³/mol. The van der Waals surface area contributed by atoms with E-state index in [4.69, 9.17) is 10.9 Å². The molecule has 2 rings (SSSR count). The van der Waals surface area contributed by atoms with Crippen LogP contribution < -0.4 is 5.73 Å². The first-order valence-corrected chi connectivity index (χ1v) is 5.29. The lowest BCUT2D eigenvalue weighted by molar-refractivity contribution is 0.318. The van der Waals surface area contributed by atoms with Crippen molar-refractivity contribution in [3.05, 3.63) is 33.8 Å². The van der Waals surface area contributed by atoms with Crippen LogP contribution in [0.5, 0.6) is 0 Å². The minimum atomic E-state index is 0.166. The molecule has 1 aliphatic rings. The van der Waals surface area contributed by atoms with E-state index in [2.05, 4.69) is 21.1 Å². The first-order valence-electron chi connectivity index (χ1n) is 4.49. The highest BCUT2D eigenvalue weighted by Crippen LogP contribution is 2.43. The van der Waals surface area contributed by atoms with Gasteiger partial charge in [-0.05, 0) is 36.5 Å². The molecule has 0 saturated heterocycles. The van der Waals surface area contributed by atoms with Crippen LogP contribution in [-0.4, -0.2) is 11.0 Å². The van der Waals surface area contributed by atoms with Crippen LogP contribution >= 0.6 is 15.9 Å². The van der Waals surface area contributed by atoms with Crippen molar-refractivity contribution in [2.24, 2.45) is 10.9 Å². The van der Waals surface area contributed by atoms with Gasteiger partial charge in [-0.2, -0.15) is 0 Å². The van der Waals surface area contributed by atoms with Gasteiger partial charge >= 0.3 is 0 Å². The molecule has 4 heteroatoms. The largest absolute Gasteiger partial charge is 0.409 e. The molecule has 1 saturated carbocycles. The number of rotatable bonds is 2. The molecule has 1 fully saturated rings. The molecule has 0 spiro atoms. The first kappa shape index (κ1) is 9.52. The van der Waals surface area contributed by atoms with Gasteiger partial charge in [0.2, 0.25) is 0 Å². The summed E-state index contributed by atoms with van der Waals surface area (Å²) in [5.41, 5.74) is 7.55. The summed E-state index contributed by atoms with van der Waals surface area (Å²) in [6.07, 6.45) is 2.47. The summed E-state index contributed by atoms with van der Waals surface area (Å²) in [4.78, 5) is 0. The molecule has 0 aromatic heterocycles. The highest BCUT2D eigenvalue weighted by atomic mass is 79.9. The highest BCUT2D eigenvalue weighted by molar-refractivity contribution is 9.10. The third-order valence-electron chi connectivity index (χ3n) is 2.42. The lowest BCUT2D eigenvalue weighted by Gasteiger charge is -2.05. The first-order chi connectivity index (χ1) is 6.72. The summed E-state index contributed by atoms with van der Waals surface area (Å²) < 4.78 is 1.11. The van der Waals surface area contributed by atoms with Gasteiger partial charge in [0.25, 0.3) is 0 Å². The fraction of sp³-hybridized carbons (Fsp3) is 0.300. The number of oxime groups is 1. The second-order valence-electron chi connectivity index (χ2n) is 3.50. The van der Waals surface area contributed by atoms with Gasteiger partial charge in [0, 0.05) is 10.0 Å². The molecular weight excluding hydrogens is 244 g/mol. The summed E-state index contributed by atoms with van der Waals surface area (Å²) in [7, 11) is 0. The lowest BCUT2D eigenvalue weighted by Crippen LogP contribution is -2.13. The minimum absolute atomic E-state index is 0.166. The van der Waals surface area contributed by atoms with Crippen molar-refractivity contribution in [1.82, 2.24) is 0 Å². The Labute approximate surface area is 90.7 Å². The number of hydrogen-bond acceptors (Lipinski definition) is 2. The minimum Gasteiger partial charge on any atom is -0.409 e. The van der Waals surface area contributed by atoms with Crippen LogP contribution in [0.15, 0.2) is 27.8 Å². The zero-order chi connectivity index (χ0) is 10.1. The van der Waals surface area contributed by atoms with E-state index in [0.717, 1.165) is 10.0 Å². The van der Waals surface area contributed by atoms with Crippen LogP contribution in [0.2, 0.25) is 0 Å². The van der Waals surface area contributed by atoms with Gasteiger partial charge in [0.1, 0.15) is 0 Å². The molecule has 0 aliphatic heterocycles. The molecule has 0 bridgehead atoms. The van der Waals surface area contributed by atoms with Crippen molar-refractivity contribution in [2.45, 2.75) is 18.8 Å². The third-order valence-corrected chi connectivity index (χ3v) is 3.14. The van der Waals surface area contributed by atoms with Gasteiger partial charge in [-0.1, -0.05) is 27.2 Å². The van der Waals surface area contributed by atoms with Crippen LogP contribution in [-0.2, 0) is 0 Å². The highest BCUT2D eigenvalue weighted by Gasteiger charge is 2.25. The van der Waals surface area contributed by atoms with Gasteiger partial charge in [0.15, 0.2) is 5.84 Å². The monoisotopic (exact) mass is 254 g/mol. The number of benzene rings is 1. The number of nitrogens with zero attached hydrogens (tertiary/aromatic N) is 1. The van der Waals surface area contributed by atoms with Gasteiger partial charge < -0.3 is 10.9 Å². The van der Waals surface area contributed by atoms with Gasteiger partial charge in [-0.25, -0.2) is 0 Å². The fourth-order valence-corrected chi connectivity index (χ4v) is 2.04. The fourth-order valence-electron chi connectivity index (χ4n) is 1.47. The summed E-state index contributed by atoms with van der Waals surface area (Å²) >= 11 is 3.50. The van der Waals surface area contributed by atoms with Crippen molar-refractivity contribution in [1.29, 1.82) is 0 Å². The molecular formula is C10H11BrN2O. The predicted octanol–water partition coefficient (Wildman–Crippen LogP) is 2.42. The van der Waals surface area contributed by atoms with E-state index in [1.807, 2.05) is 18.2 Å². The second kappa shape index (κ2) is 3.61. The summed E-state index contributed by atoms with van der Waals surface area (Å²) in [6, 6.07) is 5.77. The topological polar surface area (TPSA) is 58.6 Å². The quantitative estimate of drug-likeness (QED) is 0.369. The molecule has 14 heavy (non-hydrogen) atoms. The van der Waals surface area contributed by atoms with Crippen LogP contribution in [0.4, 0.5) is 0 Å². The third kappa shape index (κ3) is 1.75. The Hall–Kier alpha value is -1.03. The van der Waals surface area contributed by atoms with E-state index in [9.17, 15) is 0 Å². The van der Waals surface area contributed by atoms with Crippen molar-refractivity contribution < 1.29 is 5.21 Å². The van der Waals surface area contributed by atoms with Gasteiger partial charge in [0.05, 0.1) is 0 Å². The average Bonchev–Trinajstić information content (AvgIpc) is 3.01. The molecule has 1 aromatic rings. The molecule has 3 N–H and O–H groups in total. The second-order valence-corrected chi connectivity index (χ2v) is 4.35. The SMILES string of the molecule is N/C(=N\O)c1ccc(Br)c(C2CC2)c1. The molecule has 1 aliphatic carbocycles. The van der Waals surface area contributed by atoms with Crippen LogP contribution in [0.25, 0.3) is 0 Å². The normalized spacial score (nSPS) is 17.1. The Bertz CT molecular complexity index is 386. The Kier molecular flexibility index (Phi) is 2.46. The van der Waals surface area contributed by atoms with E-state index in [1.165, 1.54) is 18.4 Å². The Morgan fingerprint density at radius 2 is 2.21 bits per heavy atom. The number of nitrogens with two attached hydrogens (primary N) is 1. The van der Waals surface area contributed by atoms with Gasteiger partial charge in [-0.3, -0.25) is 0 Å². The van der Waals surface area contributed by atoms with E-state index >= 15 is 0 Å². The molecule has 0 atom stereocenters. The maximum absolute atomic E-state index is 8.55. The summed E-state index contributed by atoms with van der Waals surface area (Å²) in [5, 5.41) is 11.5. The molecule has 0 amide bonds. The molecule has 0 heterocycles. The number of halogens is 1. The maximum Gasteiger partial charge on any atom is 0.170 e. The van der Waals surface area contributed by atoms with Crippen molar-refractivity contribution >= 4 is 21.8 Å². The van der Waals surface area contributed by atoms with Crippen LogP contribution in [0, 0.1) is 0 Å². The maximum atomic E-state index is 8.55. The van der Waals surface area contributed by atoms with E-state index in [1.54, 1.807) is 0 Å². The zero-order valence-electron chi connectivity index (χ0n) is 7.57. The Morgan fingerprint density at radius 3 is 2.79 bits per heavy atom. The molecule has 0 radical (unpaired) electrons. The van der Waals surface area contributed by atoms with Crippen molar-refractivity contribution in [2.75, 3.05) is 0 Å². The Balaban J connectivity index is 2.40. The van der Waals surface area contributed by atoms with E-state index in [-0.39, 0.29) is 5.84 Å². The lowest BCUT2D eigenvalue weighted by atomic mass is 10.1. The number of amidine groups is 1. The summed E-state index contributed by atoms with van der Waals surface area (Å²) in [5.74, 6) is 0.815. The zero-order valence-corrected chi connectivity index (χ0v) is 9.16. The van der Waals surface area contributed by atoms with Crippen molar-refractivity contribution in [3.63, 3.8) is 0 Å². The molecule has 1 aromatic carbocycles. The molecule has 3 nitrogen and oxygen atoms in total. The molecule has 74 valence electrons. The van der Waals surface area contributed by atoms with E-state index in [0.29, 0.717) is 5.92 Å². The van der Waals surface area contributed by atoms with E-state index < -0.39 is 0 Å². The smallest absolute Gasteiger partial charge is 0.170 e.